The van der Waals surface area contributed by atoms with Gasteiger partial charge in [0.15, 0.2) is 16.7 Å². The Morgan fingerprint density at radius 1 is 1.08 bits per heavy atom. The van der Waals surface area contributed by atoms with Crippen LogP contribution in [0.2, 0.25) is 0 Å². The van der Waals surface area contributed by atoms with Gasteiger partial charge in [-0.25, -0.2) is 0 Å². The summed E-state index contributed by atoms with van der Waals surface area (Å²) < 4.78 is -1.61. The molecule has 0 fully saturated rings. The van der Waals surface area contributed by atoms with E-state index in [0.29, 0.717) is 0 Å². The Morgan fingerprint density at radius 3 is 1.69 bits per heavy atom. The summed E-state index contributed by atoms with van der Waals surface area (Å²) in [7, 11) is 1.58. The third kappa shape index (κ3) is 3.70. The lowest BCUT2D eigenvalue weighted by atomic mass is 10.2. The largest absolute Gasteiger partial charge is 0.297 e. The highest BCUT2D eigenvalue weighted by molar-refractivity contribution is 8.83. The van der Waals surface area contributed by atoms with Crippen molar-refractivity contribution in [3.05, 3.63) is 0 Å². The van der Waals surface area contributed by atoms with Crippen LogP contribution in [0.25, 0.3) is 0 Å². The van der Waals surface area contributed by atoms with Gasteiger partial charge in [-0.05, 0) is 35.4 Å². The van der Waals surface area contributed by atoms with Crippen LogP contribution in [-0.2, 0) is 14.4 Å². The summed E-state index contributed by atoms with van der Waals surface area (Å²) in [6, 6.07) is 0. The Kier molecular flexibility index (Phi) is 5.02. The van der Waals surface area contributed by atoms with E-state index in [1.807, 2.05) is 0 Å². The Hall–Kier alpha value is -0.000000000000000111. The quantitative estimate of drug-likeness (QED) is 0.428. The van der Waals surface area contributed by atoms with Crippen molar-refractivity contribution in [3.63, 3.8) is 0 Å². The third-order valence-electron chi connectivity index (χ3n) is 1.18. The Morgan fingerprint density at radius 2 is 1.46 bits per heavy atom. The Bertz CT molecular complexity index is 238. The van der Waals surface area contributed by atoms with Gasteiger partial charge in [-0.2, -0.15) is 0 Å². The highest BCUT2D eigenvalue weighted by Crippen LogP contribution is 2.41. The maximum atomic E-state index is 11.0. The second-order valence-electron chi connectivity index (χ2n) is 2.37. The highest BCUT2D eigenvalue weighted by Gasteiger charge is 2.39. The van der Waals surface area contributed by atoms with Crippen molar-refractivity contribution in [2.45, 2.75) is 25.0 Å². The monoisotopic (exact) mass is 240 g/mol. The molecule has 0 atom stereocenters. The Labute approximate surface area is 89.4 Å². The first-order chi connectivity index (χ1) is 5.80. The third-order valence-corrected chi connectivity index (χ3v) is 5.04. The van der Waals surface area contributed by atoms with Crippen LogP contribution in [-0.4, -0.2) is 20.9 Å². The number of carbonyl (C=O) groups excluding carboxylic acids is 3. The van der Waals surface area contributed by atoms with Crippen molar-refractivity contribution in [2.75, 3.05) is 0 Å². The van der Waals surface area contributed by atoms with E-state index >= 15 is 0 Å². The number of Topliss-reactive ketones (excluding diaryl/α,β-unsaturated/α-hetero) is 2. The number of carbonyl (C=O) groups is 3. The number of hydrogen-bond acceptors (Lipinski definition) is 5. The average molecular weight is 241 g/mol. The van der Waals surface area contributed by atoms with Crippen molar-refractivity contribution in [2.24, 2.45) is 0 Å². The fourth-order valence-corrected chi connectivity index (χ4v) is 2.63. The first-order valence-electron chi connectivity index (χ1n) is 3.38. The topological polar surface area (TPSA) is 51.2 Å². The summed E-state index contributed by atoms with van der Waals surface area (Å²) in [6.45, 7) is 3.79. The molecular formula is C7H9ClO3S2. The SMILES string of the molecule is CC(=O)SSC(Cl)(C(C)=O)C(C)=O. The van der Waals surface area contributed by atoms with Crippen LogP contribution in [0.5, 0.6) is 0 Å². The van der Waals surface area contributed by atoms with Crippen LogP contribution >= 0.6 is 33.2 Å². The molecular weight excluding hydrogens is 232 g/mol. The van der Waals surface area contributed by atoms with E-state index in [2.05, 4.69) is 0 Å². The molecule has 0 aliphatic heterocycles. The van der Waals surface area contributed by atoms with Gasteiger partial charge in [0.1, 0.15) is 0 Å². The van der Waals surface area contributed by atoms with Crippen LogP contribution in [0.1, 0.15) is 20.8 Å². The molecule has 0 aromatic rings. The maximum absolute atomic E-state index is 11.0. The van der Waals surface area contributed by atoms with Crippen molar-refractivity contribution >= 4 is 49.9 Å². The molecule has 6 heteroatoms. The summed E-state index contributed by atoms with van der Waals surface area (Å²) in [5, 5.41) is -0.197. The van der Waals surface area contributed by atoms with E-state index in [1.54, 1.807) is 0 Å². The number of halogens is 1. The summed E-state index contributed by atoms with van der Waals surface area (Å²) in [6.07, 6.45) is 0. The molecule has 0 rings (SSSR count). The molecule has 0 aliphatic carbocycles. The molecule has 74 valence electrons. The fraction of sp³-hybridized carbons (Fsp3) is 0.571. The summed E-state index contributed by atoms with van der Waals surface area (Å²) in [5.41, 5.74) is 0. The van der Waals surface area contributed by atoms with Gasteiger partial charge in [0.25, 0.3) is 0 Å². The lowest BCUT2D eigenvalue weighted by molar-refractivity contribution is -0.125. The summed E-state index contributed by atoms with van der Waals surface area (Å²) >= 11 is 5.74. The fourth-order valence-electron chi connectivity index (χ4n) is 0.481. The van der Waals surface area contributed by atoms with Crippen LogP contribution in [0.15, 0.2) is 0 Å². The van der Waals surface area contributed by atoms with Gasteiger partial charge in [-0.15, -0.1) is 0 Å². The molecule has 0 saturated carbocycles. The van der Waals surface area contributed by atoms with E-state index < -0.39 is 15.8 Å². The Balaban J connectivity index is 4.52. The van der Waals surface area contributed by atoms with E-state index in [0.717, 1.165) is 21.6 Å². The second-order valence-corrected chi connectivity index (χ2v) is 5.68. The van der Waals surface area contributed by atoms with Gasteiger partial charge in [0, 0.05) is 6.92 Å². The molecule has 0 aromatic heterocycles. The molecule has 0 heterocycles. The smallest absolute Gasteiger partial charge is 0.215 e. The summed E-state index contributed by atoms with van der Waals surface area (Å²) in [5.74, 6) is -0.916. The van der Waals surface area contributed by atoms with Crippen molar-refractivity contribution in [3.8, 4) is 0 Å². The number of ketones is 2. The van der Waals surface area contributed by atoms with E-state index in [4.69, 9.17) is 11.6 Å². The molecule has 0 N–H and O–H groups in total. The van der Waals surface area contributed by atoms with Crippen LogP contribution in [0, 0.1) is 0 Å². The second kappa shape index (κ2) is 5.02. The number of hydrogen-bond donors (Lipinski definition) is 0. The molecule has 0 spiro atoms. The minimum atomic E-state index is -1.61. The molecule has 0 saturated heterocycles. The van der Waals surface area contributed by atoms with Crippen LogP contribution < -0.4 is 0 Å². The maximum Gasteiger partial charge on any atom is 0.215 e. The molecule has 0 radical (unpaired) electrons. The zero-order valence-corrected chi connectivity index (χ0v) is 9.81. The van der Waals surface area contributed by atoms with Crippen molar-refractivity contribution in [1.29, 1.82) is 0 Å². The van der Waals surface area contributed by atoms with E-state index in [1.165, 1.54) is 20.8 Å². The molecule has 3 nitrogen and oxygen atoms in total. The van der Waals surface area contributed by atoms with Gasteiger partial charge < -0.3 is 0 Å². The molecule has 0 bridgehead atoms. The van der Waals surface area contributed by atoms with Gasteiger partial charge in [-0.3, -0.25) is 14.4 Å². The normalized spacial score (nSPS) is 11.1. The average Bonchev–Trinajstić information content (AvgIpc) is 1.99. The van der Waals surface area contributed by atoms with Crippen LogP contribution in [0.4, 0.5) is 0 Å². The minimum absolute atomic E-state index is 0.197. The van der Waals surface area contributed by atoms with Gasteiger partial charge >= 0.3 is 0 Å². The minimum Gasteiger partial charge on any atom is -0.297 e. The lowest BCUT2D eigenvalue weighted by Crippen LogP contribution is -2.33. The highest BCUT2D eigenvalue weighted by atomic mass is 35.5. The number of alkyl halides is 1. The zero-order chi connectivity index (χ0) is 10.6. The van der Waals surface area contributed by atoms with Crippen molar-refractivity contribution < 1.29 is 14.4 Å². The van der Waals surface area contributed by atoms with E-state index in [-0.39, 0.29) is 5.12 Å². The first kappa shape index (κ1) is 13.0. The predicted octanol–water partition coefficient (Wildman–Crippen LogP) is 2.03. The first-order valence-corrected chi connectivity index (χ1v) is 5.90. The standard InChI is InChI=1S/C7H9ClO3S2/c1-4(9)7(8,5(2)10)13-12-6(3)11/h1-3H3. The summed E-state index contributed by atoms with van der Waals surface area (Å²) in [4.78, 5) is 32.6. The molecule has 0 aliphatic rings. The van der Waals surface area contributed by atoms with Gasteiger partial charge in [0.2, 0.25) is 4.21 Å². The zero-order valence-electron chi connectivity index (χ0n) is 7.42. The van der Waals surface area contributed by atoms with Crippen LogP contribution in [0.3, 0.4) is 0 Å². The molecule has 0 amide bonds. The van der Waals surface area contributed by atoms with Gasteiger partial charge in [-0.1, -0.05) is 11.6 Å². The molecule has 0 aromatic carbocycles. The lowest BCUT2D eigenvalue weighted by Gasteiger charge is -2.17. The number of rotatable bonds is 4. The van der Waals surface area contributed by atoms with Gasteiger partial charge in [0.05, 0.1) is 0 Å². The van der Waals surface area contributed by atoms with Crippen molar-refractivity contribution in [1.82, 2.24) is 0 Å². The predicted molar refractivity (Wildman–Crippen MR) is 55.8 cm³/mol. The molecule has 0 unspecified atom stereocenters. The molecule has 13 heavy (non-hydrogen) atoms. The van der Waals surface area contributed by atoms with E-state index in [9.17, 15) is 14.4 Å².